The van der Waals surface area contributed by atoms with Crippen LogP contribution in [0, 0.1) is 0 Å². The minimum absolute atomic E-state index is 0.214. The third-order valence-corrected chi connectivity index (χ3v) is 4.17. The molecule has 0 bridgehead atoms. The zero-order chi connectivity index (χ0) is 21.3. The molecule has 0 amide bonds. The molecule has 0 fully saturated rings. The third-order valence-electron chi connectivity index (χ3n) is 4.17. The second kappa shape index (κ2) is 10.5. The highest BCUT2D eigenvalue weighted by Crippen LogP contribution is 2.24. The fraction of sp³-hybridized carbons (Fsp3) is 0.476. The van der Waals surface area contributed by atoms with Crippen LogP contribution in [0.4, 0.5) is 5.82 Å². The second-order valence-electron chi connectivity index (χ2n) is 7.73. The summed E-state index contributed by atoms with van der Waals surface area (Å²) in [5, 5.41) is 10.3. The molecule has 8 nitrogen and oxygen atoms in total. The van der Waals surface area contributed by atoms with Gasteiger partial charge >= 0.3 is 5.69 Å². The summed E-state index contributed by atoms with van der Waals surface area (Å²) in [5.74, 6) is 0.439. The number of nitrogens with one attached hydrogen (secondary N) is 2. The lowest BCUT2D eigenvalue weighted by Gasteiger charge is -2.18. The van der Waals surface area contributed by atoms with Crippen molar-refractivity contribution in [1.29, 1.82) is 0 Å². The Hall–Kier alpha value is -3.03. The molecule has 0 aliphatic heterocycles. The second-order valence-corrected chi connectivity index (χ2v) is 7.73. The molecule has 1 aromatic heterocycles. The monoisotopic (exact) mass is 399 g/mol. The normalized spacial score (nSPS) is 11.6. The molecule has 0 atom stereocenters. The van der Waals surface area contributed by atoms with Gasteiger partial charge in [0.1, 0.15) is 11.4 Å². The third kappa shape index (κ3) is 6.81. The predicted molar refractivity (Wildman–Crippen MR) is 114 cm³/mol. The number of hydrazone groups is 1. The highest BCUT2D eigenvalue weighted by Gasteiger charge is 2.21. The maximum atomic E-state index is 12.6. The topological polar surface area (TPSA) is 109 Å². The van der Waals surface area contributed by atoms with Crippen LogP contribution in [0.25, 0.3) is 0 Å². The van der Waals surface area contributed by atoms with E-state index < -0.39 is 5.69 Å². The van der Waals surface area contributed by atoms with Gasteiger partial charge in [-0.05, 0) is 18.6 Å². The minimum Gasteiger partial charge on any atom is -0.493 e. The van der Waals surface area contributed by atoms with E-state index in [2.05, 4.69) is 32.6 Å². The summed E-state index contributed by atoms with van der Waals surface area (Å²) >= 11 is 0. The van der Waals surface area contributed by atoms with Crippen LogP contribution in [-0.2, 0) is 5.41 Å². The van der Waals surface area contributed by atoms with Gasteiger partial charge in [-0.1, -0.05) is 59.1 Å². The number of nitrogens with zero attached hydrogens (tertiary/aromatic N) is 3. The van der Waals surface area contributed by atoms with Crippen LogP contribution < -0.4 is 15.9 Å². The molecule has 0 saturated heterocycles. The Kier molecular flexibility index (Phi) is 8.06. The van der Waals surface area contributed by atoms with Crippen LogP contribution in [0.2, 0.25) is 0 Å². The van der Waals surface area contributed by atoms with Crippen molar-refractivity contribution < 1.29 is 9.53 Å². The van der Waals surface area contributed by atoms with Crippen LogP contribution in [-0.4, -0.2) is 33.8 Å². The summed E-state index contributed by atoms with van der Waals surface area (Å²) < 4.78 is 5.78. The summed E-state index contributed by atoms with van der Waals surface area (Å²) in [6.45, 7) is 8.53. The van der Waals surface area contributed by atoms with E-state index in [1.807, 2.05) is 26.8 Å². The number of ether oxygens (including phenoxy) is 1. The Balaban J connectivity index is 2.07. The summed E-state index contributed by atoms with van der Waals surface area (Å²) in [6.07, 6.45) is 5.53. The van der Waals surface area contributed by atoms with E-state index in [9.17, 15) is 9.59 Å². The smallest absolute Gasteiger partial charge is 0.363 e. The summed E-state index contributed by atoms with van der Waals surface area (Å²) in [6, 6.07) is 7.07. The van der Waals surface area contributed by atoms with E-state index in [1.54, 1.807) is 18.2 Å². The first-order valence-corrected chi connectivity index (χ1v) is 9.85. The number of anilines is 1. The van der Waals surface area contributed by atoms with Crippen molar-refractivity contribution in [3.8, 4) is 5.75 Å². The maximum Gasteiger partial charge on any atom is 0.363 e. The van der Waals surface area contributed by atoms with Gasteiger partial charge in [0.2, 0.25) is 5.78 Å². The van der Waals surface area contributed by atoms with Crippen LogP contribution in [0.15, 0.2) is 34.2 Å². The highest BCUT2D eigenvalue weighted by atomic mass is 16.5. The summed E-state index contributed by atoms with van der Waals surface area (Å²) in [4.78, 5) is 27.9. The van der Waals surface area contributed by atoms with Crippen LogP contribution in [0.3, 0.4) is 0 Å². The average Bonchev–Trinajstić information content (AvgIpc) is 2.67. The fourth-order valence-corrected chi connectivity index (χ4v) is 2.67. The summed E-state index contributed by atoms with van der Waals surface area (Å²) in [7, 11) is 0. The number of aromatic nitrogens is 3. The molecule has 0 saturated carbocycles. The first-order valence-electron chi connectivity index (χ1n) is 9.85. The van der Waals surface area contributed by atoms with Crippen LogP contribution >= 0.6 is 0 Å². The van der Waals surface area contributed by atoms with Crippen molar-refractivity contribution >= 4 is 17.8 Å². The van der Waals surface area contributed by atoms with Crippen molar-refractivity contribution in [3.63, 3.8) is 0 Å². The standard InChI is InChI=1S/C21H29N5O3/c1-5-6-7-10-13-29-17-12-9-8-11-15(17)16(27)14-22-25-19-18(21(2,3)4)24-26-20(28)23-19/h8-9,11-12,14H,5-7,10,13H2,1-4H3,(H2,23,25,26,28)/b22-14+. The predicted octanol–water partition coefficient (Wildman–Crippen LogP) is 3.70. The highest BCUT2D eigenvalue weighted by molar-refractivity contribution is 6.36. The number of unbranched alkanes of at least 4 members (excludes halogenated alkanes) is 3. The number of aromatic amines is 1. The molecular weight excluding hydrogens is 370 g/mol. The largest absolute Gasteiger partial charge is 0.493 e. The van der Waals surface area contributed by atoms with E-state index in [0.717, 1.165) is 25.5 Å². The Labute approximate surface area is 170 Å². The van der Waals surface area contributed by atoms with Crippen molar-refractivity contribution in [2.75, 3.05) is 12.0 Å². The number of hydrogen-bond acceptors (Lipinski definition) is 7. The molecule has 1 aromatic carbocycles. The number of benzene rings is 1. The van der Waals surface area contributed by atoms with Crippen molar-refractivity contribution in [2.24, 2.45) is 5.10 Å². The molecule has 2 aromatic rings. The van der Waals surface area contributed by atoms with Gasteiger partial charge in [0.15, 0.2) is 5.82 Å². The molecule has 156 valence electrons. The van der Waals surface area contributed by atoms with Crippen LogP contribution in [0.5, 0.6) is 5.75 Å². The van der Waals surface area contributed by atoms with Gasteiger partial charge in [0.05, 0.1) is 18.4 Å². The molecule has 0 aliphatic rings. The number of para-hydroxylation sites is 1. The first kappa shape index (κ1) is 22.3. The Morgan fingerprint density at radius 3 is 2.72 bits per heavy atom. The first-order chi connectivity index (χ1) is 13.8. The Morgan fingerprint density at radius 1 is 1.24 bits per heavy atom. The number of H-pyrrole nitrogens is 1. The van der Waals surface area contributed by atoms with Gasteiger partial charge in [-0.2, -0.15) is 15.2 Å². The quantitative estimate of drug-likeness (QED) is 0.273. The molecule has 2 rings (SSSR count). The lowest BCUT2D eigenvalue weighted by atomic mass is 9.92. The SMILES string of the molecule is CCCCCCOc1ccccc1C(=O)/C=N/Nc1nc(=O)[nH]nc1C(C)(C)C. The van der Waals surface area contributed by atoms with E-state index >= 15 is 0 Å². The number of Topliss-reactive ketones (excluding diaryl/α,β-unsaturated/α-hetero) is 1. The van der Waals surface area contributed by atoms with E-state index in [4.69, 9.17) is 4.74 Å². The van der Waals surface area contributed by atoms with Gasteiger partial charge in [-0.25, -0.2) is 9.89 Å². The van der Waals surface area contributed by atoms with Gasteiger partial charge in [0.25, 0.3) is 0 Å². The molecule has 0 radical (unpaired) electrons. The molecular formula is C21H29N5O3. The maximum absolute atomic E-state index is 12.6. The Bertz CT molecular complexity index is 900. The number of rotatable bonds is 10. The minimum atomic E-state index is -0.594. The number of ketones is 1. The van der Waals surface area contributed by atoms with E-state index in [0.29, 0.717) is 23.6 Å². The zero-order valence-corrected chi connectivity index (χ0v) is 17.5. The molecule has 29 heavy (non-hydrogen) atoms. The lowest BCUT2D eigenvalue weighted by Crippen LogP contribution is -2.24. The molecule has 0 unspecified atom stereocenters. The van der Waals surface area contributed by atoms with Gasteiger partial charge < -0.3 is 4.74 Å². The Morgan fingerprint density at radius 2 is 2.00 bits per heavy atom. The van der Waals surface area contributed by atoms with E-state index in [-0.39, 0.29) is 17.0 Å². The molecule has 8 heteroatoms. The van der Waals surface area contributed by atoms with Gasteiger partial charge in [-0.3, -0.25) is 10.2 Å². The lowest BCUT2D eigenvalue weighted by molar-refractivity contribution is 0.106. The van der Waals surface area contributed by atoms with Crippen LogP contribution in [0.1, 0.15) is 69.4 Å². The van der Waals surface area contributed by atoms with E-state index in [1.165, 1.54) is 6.42 Å². The van der Waals surface area contributed by atoms with Crippen molar-refractivity contribution in [1.82, 2.24) is 15.2 Å². The van der Waals surface area contributed by atoms with Crippen molar-refractivity contribution in [3.05, 3.63) is 46.0 Å². The molecule has 2 N–H and O–H groups in total. The average molecular weight is 399 g/mol. The van der Waals surface area contributed by atoms with Crippen molar-refractivity contribution in [2.45, 2.75) is 58.8 Å². The van der Waals surface area contributed by atoms with Gasteiger partial charge in [0, 0.05) is 5.41 Å². The number of carbonyl (C=O) groups excluding carboxylic acids is 1. The zero-order valence-electron chi connectivity index (χ0n) is 17.5. The number of carbonyl (C=O) groups is 1. The number of hydrogen-bond donors (Lipinski definition) is 2. The van der Waals surface area contributed by atoms with Gasteiger partial charge in [-0.15, -0.1) is 0 Å². The molecule has 0 aliphatic carbocycles. The molecule has 0 spiro atoms. The fourth-order valence-electron chi connectivity index (χ4n) is 2.67. The molecule has 1 heterocycles. The summed E-state index contributed by atoms with van der Waals surface area (Å²) in [5.41, 5.74) is 2.68.